The molecule has 0 aliphatic rings. The zero-order valence-corrected chi connectivity index (χ0v) is 14.2. The van der Waals surface area contributed by atoms with Crippen molar-refractivity contribution in [2.24, 2.45) is 0 Å². The highest BCUT2D eigenvalue weighted by Crippen LogP contribution is 2.28. The molecular weight excluding hydrogens is 391 g/mol. The van der Waals surface area contributed by atoms with E-state index in [0.717, 1.165) is 15.4 Å². The van der Waals surface area contributed by atoms with E-state index in [9.17, 15) is 4.39 Å². The van der Waals surface area contributed by atoms with Crippen LogP contribution in [0.15, 0.2) is 21.2 Å². The van der Waals surface area contributed by atoms with Gasteiger partial charge in [0.2, 0.25) is 0 Å². The second-order valence-corrected chi connectivity index (χ2v) is 5.98. The molecule has 7 heteroatoms. The predicted molar refractivity (Wildman–Crippen MR) is 84.1 cm³/mol. The first-order valence-corrected chi connectivity index (χ1v) is 7.71. The van der Waals surface area contributed by atoms with Crippen LogP contribution >= 0.6 is 31.9 Å². The third-order valence-corrected chi connectivity index (χ3v) is 3.62. The number of anilines is 1. The molecule has 0 fully saturated rings. The van der Waals surface area contributed by atoms with Crippen molar-refractivity contribution in [3.8, 4) is 11.5 Å². The maximum Gasteiger partial charge on any atom is 0.186 e. The number of halogens is 3. The van der Waals surface area contributed by atoms with Gasteiger partial charge in [-0.2, -0.15) is 0 Å². The molecule has 1 N–H and O–H groups in total. The molecule has 0 aliphatic carbocycles. The highest BCUT2D eigenvalue weighted by Gasteiger charge is 2.15. The van der Waals surface area contributed by atoms with Gasteiger partial charge in [-0.1, -0.05) is 6.92 Å². The van der Waals surface area contributed by atoms with Crippen LogP contribution in [0.2, 0.25) is 0 Å². The lowest BCUT2D eigenvalue weighted by atomic mass is 10.3. The summed E-state index contributed by atoms with van der Waals surface area (Å²) >= 11 is 6.76. The van der Waals surface area contributed by atoms with Crippen LogP contribution in [0.4, 0.5) is 10.2 Å². The van der Waals surface area contributed by atoms with Gasteiger partial charge in [0.05, 0.1) is 5.69 Å². The van der Waals surface area contributed by atoms with Crippen LogP contribution in [0.25, 0.3) is 11.5 Å². The van der Waals surface area contributed by atoms with Crippen LogP contribution in [0.5, 0.6) is 0 Å². The third kappa shape index (κ3) is 3.32. The van der Waals surface area contributed by atoms with Gasteiger partial charge >= 0.3 is 0 Å². The van der Waals surface area contributed by atoms with Gasteiger partial charge in [0.1, 0.15) is 5.69 Å². The number of pyridine rings is 1. The minimum atomic E-state index is -0.421. The molecule has 0 aromatic carbocycles. The summed E-state index contributed by atoms with van der Waals surface area (Å²) < 4.78 is 15.6. The lowest BCUT2D eigenvalue weighted by molar-refractivity contribution is 0.605. The number of nitrogens with one attached hydrogen (secondary N) is 1. The fourth-order valence-electron chi connectivity index (χ4n) is 1.60. The molecule has 0 atom stereocenters. The highest BCUT2D eigenvalue weighted by atomic mass is 79.9. The van der Waals surface area contributed by atoms with E-state index in [-0.39, 0.29) is 5.82 Å². The van der Waals surface area contributed by atoms with Gasteiger partial charge < -0.3 is 5.32 Å². The SMILES string of the molecule is CCCNc1nc(-c2ncc(Br)cc2Br)nc(C)c1F. The lowest BCUT2D eigenvalue weighted by Gasteiger charge is -2.10. The zero-order chi connectivity index (χ0) is 14.7. The van der Waals surface area contributed by atoms with Gasteiger partial charge in [-0.25, -0.2) is 14.4 Å². The maximum atomic E-state index is 14.0. The molecule has 2 aromatic heterocycles. The van der Waals surface area contributed by atoms with Crippen molar-refractivity contribution in [3.63, 3.8) is 0 Å². The summed E-state index contributed by atoms with van der Waals surface area (Å²) in [5.74, 6) is 0.184. The molecule has 4 nitrogen and oxygen atoms in total. The molecule has 20 heavy (non-hydrogen) atoms. The summed E-state index contributed by atoms with van der Waals surface area (Å²) in [5.41, 5.74) is 0.876. The largest absolute Gasteiger partial charge is 0.368 e. The normalized spacial score (nSPS) is 10.7. The monoisotopic (exact) mass is 402 g/mol. The number of hydrogen-bond donors (Lipinski definition) is 1. The summed E-state index contributed by atoms with van der Waals surface area (Å²) in [5, 5.41) is 2.97. The molecule has 0 amide bonds. The Morgan fingerprint density at radius 1 is 1.30 bits per heavy atom. The van der Waals surface area contributed by atoms with Crippen molar-refractivity contribution in [2.45, 2.75) is 20.3 Å². The fourth-order valence-corrected chi connectivity index (χ4v) is 2.77. The van der Waals surface area contributed by atoms with Crippen molar-refractivity contribution in [1.82, 2.24) is 15.0 Å². The number of aryl methyl sites for hydroxylation is 1. The summed E-state index contributed by atoms with van der Waals surface area (Å²) in [7, 11) is 0. The van der Waals surface area contributed by atoms with Crippen molar-refractivity contribution in [2.75, 3.05) is 11.9 Å². The van der Waals surface area contributed by atoms with Crippen LogP contribution in [0.1, 0.15) is 19.0 Å². The van der Waals surface area contributed by atoms with Crippen molar-refractivity contribution in [3.05, 3.63) is 32.7 Å². The van der Waals surface area contributed by atoms with E-state index in [0.29, 0.717) is 23.8 Å². The van der Waals surface area contributed by atoms with Gasteiger partial charge in [-0.3, -0.25) is 4.98 Å². The molecule has 106 valence electrons. The lowest BCUT2D eigenvalue weighted by Crippen LogP contribution is -2.08. The maximum absolute atomic E-state index is 14.0. The Labute approximate surface area is 133 Å². The molecule has 0 spiro atoms. The minimum Gasteiger partial charge on any atom is -0.368 e. The van der Waals surface area contributed by atoms with Gasteiger partial charge in [0, 0.05) is 21.7 Å². The molecule has 0 saturated carbocycles. The van der Waals surface area contributed by atoms with Crippen molar-refractivity contribution >= 4 is 37.7 Å². The standard InChI is InChI=1S/C13H13Br2FN4/c1-3-4-17-12-10(16)7(2)19-13(20-12)11-9(15)5-8(14)6-18-11/h5-6H,3-4H2,1-2H3,(H,17,19,20). The van der Waals surface area contributed by atoms with E-state index in [2.05, 4.69) is 52.1 Å². The molecule has 2 rings (SSSR count). The summed E-state index contributed by atoms with van der Waals surface area (Å²) in [4.78, 5) is 12.7. The summed E-state index contributed by atoms with van der Waals surface area (Å²) in [6.07, 6.45) is 2.54. The molecule has 0 radical (unpaired) electrons. The van der Waals surface area contributed by atoms with Gasteiger partial charge in [0.25, 0.3) is 0 Å². The second-order valence-electron chi connectivity index (χ2n) is 4.21. The third-order valence-electron chi connectivity index (χ3n) is 2.58. The van der Waals surface area contributed by atoms with Gasteiger partial charge in [-0.15, -0.1) is 0 Å². The van der Waals surface area contributed by atoms with E-state index in [4.69, 9.17) is 0 Å². The Hall–Kier alpha value is -1.08. The topological polar surface area (TPSA) is 50.7 Å². The molecule has 0 bridgehead atoms. The Morgan fingerprint density at radius 3 is 2.70 bits per heavy atom. The van der Waals surface area contributed by atoms with Gasteiger partial charge in [0.15, 0.2) is 17.5 Å². The number of nitrogens with zero attached hydrogens (tertiary/aromatic N) is 3. The number of hydrogen-bond acceptors (Lipinski definition) is 4. The van der Waals surface area contributed by atoms with Gasteiger partial charge in [-0.05, 0) is 51.3 Å². The first kappa shape index (κ1) is 15.3. The first-order valence-electron chi connectivity index (χ1n) is 6.12. The average molecular weight is 404 g/mol. The predicted octanol–water partition coefficient (Wildman–Crippen LogP) is 4.33. The Balaban J connectivity index is 2.48. The van der Waals surface area contributed by atoms with Crippen LogP contribution < -0.4 is 5.32 Å². The van der Waals surface area contributed by atoms with Crippen LogP contribution in [-0.2, 0) is 0 Å². The second kappa shape index (κ2) is 6.58. The van der Waals surface area contributed by atoms with Crippen LogP contribution in [0.3, 0.4) is 0 Å². The average Bonchev–Trinajstić information content (AvgIpc) is 2.40. The Kier molecular flexibility index (Phi) is 5.04. The fraction of sp³-hybridized carbons (Fsp3) is 0.308. The molecule has 2 heterocycles. The highest BCUT2D eigenvalue weighted by molar-refractivity contribution is 9.11. The van der Waals surface area contributed by atoms with Crippen molar-refractivity contribution in [1.29, 1.82) is 0 Å². The van der Waals surface area contributed by atoms with Crippen LogP contribution in [-0.4, -0.2) is 21.5 Å². The van der Waals surface area contributed by atoms with E-state index < -0.39 is 5.82 Å². The van der Waals surface area contributed by atoms with E-state index in [1.165, 1.54) is 0 Å². The first-order chi connectivity index (χ1) is 9.52. The van der Waals surface area contributed by atoms with Crippen molar-refractivity contribution < 1.29 is 4.39 Å². The number of rotatable bonds is 4. The number of aromatic nitrogens is 3. The molecule has 0 saturated heterocycles. The molecular formula is C13H13Br2FN4. The van der Waals surface area contributed by atoms with E-state index in [1.807, 2.05) is 13.0 Å². The quantitative estimate of drug-likeness (QED) is 0.825. The minimum absolute atomic E-state index is 0.214. The molecule has 2 aromatic rings. The summed E-state index contributed by atoms with van der Waals surface area (Å²) in [6, 6.07) is 1.85. The zero-order valence-electron chi connectivity index (χ0n) is 11.0. The smallest absolute Gasteiger partial charge is 0.186 e. The van der Waals surface area contributed by atoms with E-state index in [1.54, 1.807) is 13.1 Å². The Bertz CT molecular complexity index is 634. The van der Waals surface area contributed by atoms with E-state index >= 15 is 0 Å². The van der Waals surface area contributed by atoms with Crippen LogP contribution in [0, 0.1) is 12.7 Å². The summed E-state index contributed by atoms with van der Waals surface area (Å²) in [6.45, 7) is 4.28. The molecule has 0 unspecified atom stereocenters. The Morgan fingerprint density at radius 2 is 2.05 bits per heavy atom. The molecule has 0 aliphatic heterocycles.